The predicted octanol–water partition coefficient (Wildman–Crippen LogP) is 1.84. The van der Waals surface area contributed by atoms with Crippen molar-refractivity contribution in [1.29, 1.82) is 0 Å². The Bertz CT molecular complexity index is 807. The van der Waals surface area contributed by atoms with Crippen molar-refractivity contribution in [2.75, 3.05) is 0 Å². The third-order valence-corrected chi connectivity index (χ3v) is 5.18. The average Bonchev–Trinajstić information content (AvgIpc) is 3.05. The number of carbonyl (C=O) groups is 1. The Hall–Kier alpha value is -2.15. The van der Waals surface area contributed by atoms with Gasteiger partial charge in [0.1, 0.15) is 5.75 Å². The molecular formula is C14H13NO5S. The third-order valence-electron chi connectivity index (χ3n) is 3.54. The lowest BCUT2D eigenvalue weighted by Gasteiger charge is -2.05. The maximum atomic E-state index is 12.3. The number of aromatic nitrogens is 1. The molecule has 0 amide bonds. The zero-order chi connectivity index (χ0) is 15.0. The van der Waals surface area contributed by atoms with E-state index in [2.05, 4.69) is 5.16 Å². The van der Waals surface area contributed by atoms with Crippen LogP contribution < -0.4 is 0 Å². The van der Waals surface area contributed by atoms with Crippen molar-refractivity contribution in [3.8, 4) is 0 Å². The van der Waals surface area contributed by atoms with Crippen molar-refractivity contribution >= 4 is 15.8 Å². The van der Waals surface area contributed by atoms with Crippen molar-refractivity contribution in [2.45, 2.75) is 29.9 Å². The molecule has 0 saturated carbocycles. The molecule has 21 heavy (non-hydrogen) atoms. The average molecular weight is 307 g/mol. The van der Waals surface area contributed by atoms with Gasteiger partial charge in [0.2, 0.25) is 0 Å². The maximum Gasteiger partial charge on any atom is 0.358 e. The molecule has 1 aromatic heterocycles. The summed E-state index contributed by atoms with van der Waals surface area (Å²) in [6.45, 7) is 0. The number of aryl methyl sites for hydroxylation is 2. The molecule has 0 aliphatic heterocycles. The van der Waals surface area contributed by atoms with Gasteiger partial charge in [0, 0.05) is 6.07 Å². The lowest BCUT2D eigenvalue weighted by atomic mass is 10.1. The summed E-state index contributed by atoms with van der Waals surface area (Å²) in [5, 5.41) is 12.1. The van der Waals surface area contributed by atoms with Crippen LogP contribution in [-0.4, -0.2) is 24.7 Å². The van der Waals surface area contributed by atoms with Gasteiger partial charge in [-0.25, -0.2) is 13.2 Å². The molecule has 7 heteroatoms. The van der Waals surface area contributed by atoms with E-state index in [0.717, 1.165) is 30.9 Å². The highest BCUT2D eigenvalue weighted by Crippen LogP contribution is 2.26. The zero-order valence-corrected chi connectivity index (χ0v) is 11.9. The Morgan fingerprint density at radius 3 is 2.71 bits per heavy atom. The van der Waals surface area contributed by atoms with E-state index < -0.39 is 21.6 Å². The Morgan fingerprint density at radius 2 is 2.00 bits per heavy atom. The highest BCUT2D eigenvalue weighted by molar-refractivity contribution is 7.90. The lowest BCUT2D eigenvalue weighted by Crippen LogP contribution is -2.05. The summed E-state index contributed by atoms with van der Waals surface area (Å²) in [6.07, 6.45) is 2.92. The second kappa shape index (κ2) is 5.00. The van der Waals surface area contributed by atoms with Gasteiger partial charge in [0.15, 0.2) is 21.3 Å². The third kappa shape index (κ3) is 2.69. The van der Waals surface area contributed by atoms with Crippen molar-refractivity contribution in [1.82, 2.24) is 5.16 Å². The van der Waals surface area contributed by atoms with E-state index in [1.54, 1.807) is 12.1 Å². The Labute approximate surface area is 121 Å². The summed E-state index contributed by atoms with van der Waals surface area (Å²) in [6, 6.07) is 6.27. The molecule has 110 valence electrons. The number of hydrogen-bond acceptors (Lipinski definition) is 5. The number of nitrogens with zero attached hydrogens (tertiary/aromatic N) is 1. The number of rotatable bonds is 4. The van der Waals surface area contributed by atoms with Crippen LogP contribution in [0.4, 0.5) is 0 Å². The summed E-state index contributed by atoms with van der Waals surface area (Å²) in [5.41, 5.74) is 1.97. The SMILES string of the molecule is O=C(O)c1cc(CS(=O)(=O)c2ccc3c(c2)CCC3)on1. The van der Waals surface area contributed by atoms with E-state index >= 15 is 0 Å². The van der Waals surface area contributed by atoms with Crippen LogP contribution in [0.3, 0.4) is 0 Å². The standard InChI is InChI=1S/C14H13NO5S/c16-14(17)13-7-11(20-15-13)8-21(18,19)12-5-4-9-2-1-3-10(9)6-12/h4-7H,1-3,8H2,(H,16,17). The molecule has 1 aliphatic rings. The molecule has 6 nitrogen and oxygen atoms in total. The van der Waals surface area contributed by atoms with Crippen molar-refractivity contribution in [3.63, 3.8) is 0 Å². The Balaban J connectivity index is 1.88. The van der Waals surface area contributed by atoms with Gasteiger partial charge in [0.25, 0.3) is 0 Å². The highest BCUT2D eigenvalue weighted by atomic mass is 32.2. The minimum Gasteiger partial charge on any atom is -0.476 e. The van der Waals surface area contributed by atoms with Crippen molar-refractivity contribution in [2.24, 2.45) is 0 Å². The minimum absolute atomic E-state index is 0.0212. The summed E-state index contributed by atoms with van der Waals surface area (Å²) >= 11 is 0. The van der Waals surface area contributed by atoms with Crippen molar-refractivity contribution < 1.29 is 22.8 Å². The quantitative estimate of drug-likeness (QED) is 0.925. The number of hydrogen-bond donors (Lipinski definition) is 1. The fraction of sp³-hybridized carbons (Fsp3) is 0.286. The monoisotopic (exact) mass is 307 g/mol. The molecule has 0 spiro atoms. The zero-order valence-electron chi connectivity index (χ0n) is 11.1. The second-order valence-corrected chi connectivity index (χ2v) is 7.02. The first kappa shape index (κ1) is 13.8. The normalized spacial score (nSPS) is 14.1. The molecule has 1 N–H and O–H groups in total. The van der Waals surface area contributed by atoms with E-state index in [4.69, 9.17) is 9.63 Å². The van der Waals surface area contributed by atoms with E-state index in [1.165, 1.54) is 5.56 Å². The summed E-state index contributed by atoms with van der Waals surface area (Å²) in [7, 11) is -3.57. The number of benzene rings is 1. The number of carboxylic acid groups (broad SMARTS) is 1. The van der Waals surface area contributed by atoms with Gasteiger partial charge < -0.3 is 9.63 Å². The van der Waals surface area contributed by atoms with E-state index in [0.29, 0.717) is 0 Å². The predicted molar refractivity (Wildman–Crippen MR) is 72.8 cm³/mol. The lowest BCUT2D eigenvalue weighted by molar-refractivity contribution is 0.0685. The fourth-order valence-corrected chi connectivity index (χ4v) is 3.77. The van der Waals surface area contributed by atoms with Crippen LogP contribution in [0, 0.1) is 0 Å². The molecule has 0 saturated heterocycles. The minimum atomic E-state index is -3.57. The molecule has 0 radical (unpaired) electrons. The summed E-state index contributed by atoms with van der Waals surface area (Å²) < 4.78 is 29.5. The van der Waals surface area contributed by atoms with Gasteiger partial charge in [0.05, 0.1) is 4.90 Å². The van der Waals surface area contributed by atoms with E-state index in [-0.39, 0.29) is 16.3 Å². The van der Waals surface area contributed by atoms with Crippen LogP contribution in [0.5, 0.6) is 0 Å². The number of sulfone groups is 1. The summed E-state index contributed by atoms with van der Waals surface area (Å²) in [4.78, 5) is 10.9. The first-order chi connectivity index (χ1) is 9.95. The van der Waals surface area contributed by atoms with E-state index in [1.807, 2.05) is 6.07 Å². The molecule has 2 aromatic rings. The van der Waals surface area contributed by atoms with E-state index in [9.17, 15) is 13.2 Å². The molecule has 0 unspecified atom stereocenters. The molecule has 3 rings (SSSR count). The first-order valence-electron chi connectivity index (χ1n) is 6.49. The number of aromatic carboxylic acids is 1. The fourth-order valence-electron chi connectivity index (χ4n) is 2.49. The first-order valence-corrected chi connectivity index (χ1v) is 8.14. The molecule has 1 aromatic carbocycles. The topological polar surface area (TPSA) is 97.5 Å². The van der Waals surface area contributed by atoms with Crippen molar-refractivity contribution in [3.05, 3.63) is 46.8 Å². The van der Waals surface area contributed by atoms with Crippen LogP contribution in [0.15, 0.2) is 33.7 Å². The number of carboxylic acids is 1. The Morgan fingerprint density at radius 1 is 1.24 bits per heavy atom. The molecule has 0 bridgehead atoms. The molecule has 0 atom stereocenters. The van der Waals surface area contributed by atoms with Gasteiger partial charge in [-0.15, -0.1) is 0 Å². The van der Waals surface area contributed by atoms with Gasteiger partial charge in [-0.1, -0.05) is 11.2 Å². The van der Waals surface area contributed by atoms with Gasteiger partial charge >= 0.3 is 5.97 Å². The maximum absolute atomic E-state index is 12.3. The second-order valence-electron chi connectivity index (χ2n) is 5.03. The smallest absolute Gasteiger partial charge is 0.358 e. The number of fused-ring (bicyclic) bond motifs is 1. The van der Waals surface area contributed by atoms with Gasteiger partial charge in [-0.05, 0) is 42.5 Å². The van der Waals surface area contributed by atoms with Crippen LogP contribution in [0.1, 0.15) is 33.8 Å². The molecule has 1 aliphatic carbocycles. The largest absolute Gasteiger partial charge is 0.476 e. The van der Waals surface area contributed by atoms with Crippen LogP contribution in [-0.2, 0) is 28.4 Å². The highest BCUT2D eigenvalue weighted by Gasteiger charge is 2.22. The summed E-state index contributed by atoms with van der Waals surface area (Å²) in [5.74, 6) is -1.63. The molecular weight excluding hydrogens is 294 g/mol. The van der Waals surface area contributed by atoms with Crippen LogP contribution >= 0.6 is 0 Å². The van der Waals surface area contributed by atoms with Crippen LogP contribution in [0.2, 0.25) is 0 Å². The Kier molecular flexibility index (Phi) is 3.29. The molecule has 1 heterocycles. The van der Waals surface area contributed by atoms with Crippen LogP contribution in [0.25, 0.3) is 0 Å². The van der Waals surface area contributed by atoms with Gasteiger partial charge in [-0.2, -0.15) is 0 Å². The molecule has 0 fully saturated rings. The van der Waals surface area contributed by atoms with Gasteiger partial charge in [-0.3, -0.25) is 0 Å².